The molecule has 4 heteroatoms. The number of pyridine rings is 1. The Morgan fingerprint density at radius 2 is 2.00 bits per heavy atom. The smallest absolute Gasteiger partial charge is 0.106 e. The summed E-state index contributed by atoms with van der Waals surface area (Å²) in [5.41, 5.74) is 3.74. The Morgan fingerprint density at radius 3 is 2.64 bits per heavy atom. The van der Waals surface area contributed by atoms with Crippen LogP contribution in [-0.2, 0) is 4.74 Å². The second-order valence-corrected chi connectivity index (χ2v) is 5.12. The molecular weight excluding hydrogens is 278 g/mol. The van der Waals surface area contributed by atoms with Crippen molar-refractivity contribution in [2.45, 2.75) is 13.0 Å². The third-order valence-corrected chi connectivity index (χ3v) is 3.23. The van der Waals surface area contributed by atoms with E-state index in [4.69, 9.17) is 9.84 Å². The van der Waals surface area contributed by atoms with Crippen LogP contribution in [0.2, 0.25) is 0 Å². The van der Waals surface area contributed by atoms with E-state index in [0.717, 1.165) is 22.3 Å². The fourth-order valence-electron chi connectivity index (χ4n) is 2.13. The highest BCUT2D eigenvalue weighted by atomic mass is 16.5. The first-order chi connectivity index (χ1) is 10.7. The zero-order valence-corrected chi connectivity index (χ0v) is 12.6. The Morgan fingerprint density at radius 1 is 1.23 bits per heavy atom. The van der Waals surface area contributed by atoms with Crippen molar-refractivity contribution in [3.63, 3.8) is 0 Å². The molecule has 0 spiro atoms. The first kappa shape index (κ1) is 16.4. The molecule has 2 aromatic rings. The molecule has 0 amide bonds. The molecule has 0 bridgehead atoms. The lowest BCUT2D eigenvalue weighted by Crippen LogP contribution is -2.01. The van der Waals surface area contributed by atoms with Crippen molar-refractivity contribution in [3.05, 3.63) is 71.1 Å². The maximum absolute atomic E-state index is 10.3. The van der Waals surface area contributed by atoms with Crippen molar-refractivity contribution in [2.75, 3.05) is 19.8 Å². The van der Waals surface area contributed by atoms with Crippen LogP contribution in [0.5, 0.6) is 0 Å². The summed E-state index contributed by atoms with van der Waals surface area (Å²) < 4.78 is 5.27. The Labute approximate surface area is 130 Å². The molecule has 0 radical (unpaired) electrons. The molecule has 4 nitrogen and oxygen atoms in total. The molecular formula is C18H21NO3. The quantitative estimate of drug-likeness (QED) is 0.771. The maximum Gasteiger partial charge on any atom is 0.106 e. The fourth-order valence-corrected chi connectivity index (χ4v) is 2.13. The van der Waals surface area contributed by atoms with Crippen LogP contribution in [0.1, 0.15) is 29.7 Å². The number of aromatic nitrogens is 1. The van der Waals surface area contributed by atoms with Crippen molar-refractivity contribution < 1.29 is 14.9 Å². The number of aliphatic hydroxyl groups excluding tert-OH is 2. The summed E-state index contributed by atoms with van der Waals surface area (Å²) >= 11 is 0. The highest BCUT2D eigenvalue weighted by molar-refractivity contribution is 5.53. The first-order valence-electron chi connectivity index (χ1n) is 7.24. The molecule has 0 aliphatic rings. The second kappa shape index (κ2) is 8.44. The third-order valence-electron chi connectivity index (χ3n) is 3.23. The van der Waals surface area contributed by atoms with E-state index < -0.39 is 6.10 Å². The zero-order chi connectivity index (χ0) is 15.8. The van der Waals surface area contributed by atoms with E-state index in [1.165, 1.54) is 0 Å². The van der Waals surface area contributed by atoms with E-state index in [2.05, 4.69) is 4.98 Å². The van der Waals surface area contributed by atoms with Crippen molar-refractivity contribution >= 4 is 6.08 Å². The van der Waals surface area contributed by atoms with Crippen LogP contribution in [0.25, 0.3) is 6.08 Å². The van der Waals surface area contributed by atoms with Gasteiger partial charge < -0.3 is 14.9 Å². The highest BCUT2D eigenvalue weighted by Gasteiger charge is 2.09. The molecule has 1 heterocycles. The van der Waals surface area contributed by atoms with Gasteiger partial charge in [-0.2, -0.15) is 0 Å². The highest BCUT2D eigenvalue weighted by Crippen LogP contribution is 2.21. The minimum atomic E-state index is -0.666. The lowest BCUT2D eigenvalue weighted by molar-refractivity contribution is 0.108. The molecule has 0 saturated heterocycles. The Bertz CT molecular complexity index is 593. The van der Waals surface area contributed by atoms with Gasteiger partial charge in [0.2, 0.25) is 0 Å². The number of hydrogen-bond donors (Lipinski definition) is 2. The van der Waals surface area contributed by atoms with Gasteiger partial charge in [0, 0.05) is 18.0 Å². The number of ether oxygens (including phenoxy) is 1. The summed E-state index contributed by atoms with van der Waals surface area (Å²) in [5.74, 6) is 0. The van der Waals surface area contributed by atoms with Crippen LogP contribution >= 0.6 is 0 Å². The standard InChI is InChI=1S/C18H21NO3/c1-14(13-22-10-9-20)11-15-4-6-16(7-5-15)18(21)17-3-2-8-19-12-17/h2-8,11-12,18,20-21H,9-10,13H2,1H3. The summed E-state index contributed by atoms with van der Waals surface area (Å²) in [6, 6.07) is 11.4. The van der Waals surface area contributed by atoms with Gasteiger partial charge in [-0.05, 0) is 29.7 Å². The van der Waals surface area contributed by atoms with Gasteiger partial charge in [-0.3, -0.25) is 4.98 Å². The Kier molecular flexibility index (Phi) is 6.27. The molecule has 116 valence electrons. The summed E-state index contributed by atoms with van der Waals surface area (Å²) in [6.45, 7) is 2.87. The number of aliphatic hydroxyl groups is 2. The number of rotatable bonds is 7. The molecule has 0 aliphatic carbocycles. The van der Waals surface area contributed by atoms with E-state index in [9.17, 15) is 5.11 Å². The van der Waals surface area contributed by atoms with Crippen molar-refractivity contribution in [1.29, 1.82) is 0 Å². The molecule has 0 aliphatic heterocycles. The van der Waals surface area contributed by atoms with E-state index in [-0.39, 0.29) is 6.61 Å². The Balaban J connectivity index is 2.02. The Hall–Kier alpha value is -2.01. The summed E-state index contributed by atoms with van der Waals surface area (Å²) in [4.78, 5) is 4.02. The van der Waals surface area contributed by atoms with Crippen LogP contribution in [0.3, 0.4) is 0 Å². The van der Waals surface area contributed by atoms with E-state index >= 15 is 0 Å². The molecule has 2 N–H and O–H groups in total. The maximum atomic E-state index is 10.3. The SMILES string of the molecule is CC(=Cc1ccc(C(O)c2cccnc2)cc1)COCCO. The van der Waals surface area contributed by atoms with Gasteiger partial charge >= 0.3 is 0 Å². The summed E-state index contributed by atoms with van der Waals surface area (Å²) in [6.07, 6.45) is 4.71. The zero-order valence-electron chi connectivity index (χ0n) is 12.6. The average Bonchev–Trinajstić information content (AvgIpc) is 2.56. The fraction of sp³-hybridized carbons (Fsp3) is 0.278. The second-order valence-electron chi connectivity index (χ2n) is 5.12. The first-order valence-corrected chi connectivity index (χ1v) is 7.24. The van der Waals surface area contributed by atoms with E-state index in [0.29, 0.717) is 13.2 Å². The average molecular weight is 299 g/mol. The molecule has 1 aromatic heterocycles. The minimum Gasteiger partial charge on any atom is -0.394 e. The third kappa shape index (κ3) is 4.77. The van der Waals surface area contributed by atoms with Crippen molar-refractivity contribution in [3.8, 4) is 0 Å². The topological polar surface area (TPSA) is 62.6 Å². The van der Waals surface area contributed by atoms with Crippen molar-refractivity contribution in [1.82, 2.24) is 4.98 Å². The molecule has 0 fully saturated rings. The lowest BCUT2D eigenvalue weighted by Gasteiger charge is -2.11. The van der Waals surface area contributed by atoms with Crippen LogP contribution in [0.15, 0.2) is 54.4 Å². The van der Waals surface area contributed by atoms with Crippen LogP contribution in [0.4, 0.5) is 0 Å². The number of nitrogens with zero attached hydrogens (tertiary/aromatic N) is 1. The van der Waals surface area contributed by atoms with Crippen LogP contribution in [-0.4, -0.2) is 35.0 Å². The molecule has 2 rings (SSSR count). The molecule has 22 heavy (non-hydrogen) atoms. The molecule has 0 saturated carbocycles. The minimum absolute atomic E-state index is 0.0359. The number of hydrogen-bond acceptors (Lipinski definition) is 4. The molecule has 1 atom stereocenters. The summed E-state index contributed by atoms with van der Waals surface area (Å²) in [5, 5.41) is 19.0. The van der Waals surface area contributed by atoms with Crippen molar-refractivity contribution in [2.24, 2.45) is 0 Å². The summed E-state index contributed by atoms with van der Waals surface area (Å²) in [7, 11) is 0. The predicted octanol–water partition coefficient (Wildman–Crippen LogP) is 2.58. The predicted molar refractivity (Wildman–Crippen MR) is 86.3 cm³/mol. The van der Waals surface area contributed by atoms with Gasteiger partial charge in [-0.15, -0.1) is 0 Å². The van der Waals surface area contributed by atoms with Crippen LogP contribution < -0.4 is 0 Å². The van der Waals surface area contributed by atoms with Gasteiger partial charge in [0.25, 0.3) is 0 Å². The van der Waals surface area contributed by atoms with E-state index in [1.54, 1.807) is 12.4 Å². The van der Waals surface area contributed by atoms with Gasteiger partial charge in [-0.25, -0.2) is 0 Å². The molecule has 1 aromatic carbocycles. The van der Waals surface area contributed by atoms with Gasteiger partial charge in [0.05, 0.1) is 19.8 Å². The van der Waals surface area contributed by atoms with Gasteiger partial charge in [0.1, 0.15) is 6.10 Å². The van der Waals surface area contributed by atoms with E-state index in [1.807, 2.05) is 49.4 Å². The molecule has 1 unspecified atom stereocenters. The number of benzene rings is 1. The van der Waals surface area contributed by atoms with Crippen LogP contribution in [0, 0.1) is 0 Å². The monoisotopic (exact) mass is 299 g/mol. The normalized spacial score (nSPS) is 13.1. The largest absolute Gasteiger partial charge is 0.394 e. The lowest BCUT2D eigenvalue weighted by atomic mass is 10.0. The van der Waals surface area contributed by atoms with Gasteiger partial charge in [0.15, 0.2) is 0 Å². The van der Waals surface area contributed by atoms with Gasteiger partial charge in [-0.1, -0.05) is 36.4 Å².